The largest absolute Gasteiger partial charge is 0.491 e. The number of esters is 1. The smallest absolute Gasteiger partial charge is 0.322 e. The molecular weight excluding hydrogens is 224 g/mol. The lowest BCUT2D eigenvalue weighted by atomic mass is 10.2. The molecule has 3 nitrogen and oxygen atoms in total. The molecule has 1 atom stereocenters. The Morgan fingerprint density at radius 2 is 2.44 bits per heavy atom. The lowest BCUT2D eigenvalue weighted by Gasteiger charge is -2.23. The highest BCUT2D eigenvalue weighted by molar-refractivity contribution is 8.00. The van der Waals surface area contributed by atoms with Gasteiger partial charge in [0.2, 0.25) is 0 Å². The van der Waals surface area contributed by atoms with E-state index < -0.39 is 0 Å². The van der Waals surface area contributed by atoms with Crippen LogP contribution in [0.3, 0.4) is 0 Å². The lowest BCUT2D eigenvalue weighted by molar-refractivity contribution is -0.143. The van der Waals surface area contributed by atoms with Crippen molar-refractivity contribution in [2.24, 2.45) is 0 Å². The van der Waals surface area contributed by atoms with E-state index in [9.17, 15) is 4.79 Å². The second-order valence-corrected chi connectivity index (χ2v) is 4.86. The van der Waals surface area contributed by atoms with Gasteiger partial charge < -0.3 is 9.47 Å². The molecule has 1 aliphatic heterocycles. The maximum atomic E-state index is 11.6. The Morgan fingerprint density at radius 1 is 1.62 bits per heavy atom. The number of aryl methyl sites for hydroxylation is 1. The average Bonchev–Trinajstić information content (AvgIpc) is 2.28. The summed E-state index contributed by atoms with van der Waals surface area (Å²) in [6, 6.07) is 5.99. The van der Waals surface area contributed by atoms with E-state index in [2.05, 4.69) is 0 Å². The number of hydrogen-bond acceptors (Lipinski definition) is 4. The van der Waals surface area contributed by atoms with E-state index in [1.807, 2.05) is 32.0 Å². The number of ether oxygens (including phenoxy) is 2. The third kappa shape index (κ3) is 2.32. The monoisotopic (exact) mass is 238 g/mol. The van der Waals surface area contributed by atoms with Gasteiger partial charge in [-0.3, -0.25) is 4.79 Å². The molecule has 0 radical (unpaired) electrons. The molecule has 2 rings (SSSR count). The van der Waals surface area contributed by atoms with E-state index in [-0.39, 0.29) is 11.2 Å². The zero-order chi connectivity index (χ0) is 11.5. The van der Waals surface area contributed by atoms with Gasteiger partial charge in [-0.2, -0.15) is 0 Å². The molecule has 0 saturated heterocycles. The fourth-order valence-electron chi connectivity index (χ4n) is 1.53. The van der Waals surface area contributed by atoms with Crippen LogP contribution in [0.5, 0.6) is 5.75 Å². The van der Waals surface area contributed by atoms with Crippen LogP contribution < -0.4 is 4.74 Å². The van der Waals surface area contributed by atoms with Gasteiger partial charge in [-0.15, -0.1) is 11.8 Å². The van der Waals surface area contributed by atoms with Crippen molar-refractivity contribution < 1.29 is 14.3 Å². The van der Waals surface area contributed by atoms with Gasteiger partial charge in [0.05, 0.1) is 11.5 Å². The molecule has 0 aromatic heterocycles. The predicted octanol–water partition coefficient (Wildman–Crippen LogP) is 2.41. The fourth-order valence-corrected chi connectivity index (χ4v) is 2.52. The SMILES string of the molecule is CCOC(=O)C1COc2cc(C)ccc2S1. The number of carbonyl (C=O) groups is 1. The van der Waals surface area contributed by atoms with Crippen LogP contribution in [0.25, 0.3) is 0 Å². The number of rotatable bonds is 2. The van der Waals surface area contributed by atoms with Crippen LogP contribution in [0.4, 0.5) is 0 Å². The fraction of sp³-hybridized carbons (Fsp3) is 0.417. The van der Waals surface area contributed by atoms with Crippen LogP contribution in [-0.4, -0.2) is 24.4 Å². The first-order valence-electron chi connectivity index (χ1n) is 5.27. The van der Waals surface area contributed by atoms with Crippen LogP contribution in [0, 0.1) is 6.92 Å². The van der Waals surface area contributed by atoms with Gasteiger partial charge in [-0.1, -0.05) is 6.07 Å². The zero-order valence-electron chi connectivity index (χ0n) is 9.36. The third-order valence-corrected chi connectivity index (χ3v) is 3.51. The van der Waals surface area contributed by atoms with E-state index in [4.69, 9.17) is 9.47 Å². The van der Waals surface area contributed by atoms with Crippen molar-refractivity contribution in [3.8, 4) is 5.75 Å². The molecular formula is C12H14O3S. The van der Waals surface area contributed by atoms with E-state index in [0.29, 0.717) is 13.2 Å². The molecule has 0 spiro atoms. The Bertz CT molecular complexity index is 403. The Morgan fingerprint density at radius 3 is 3.19 bits per heavy atom. The number of hydrogen-bond donors (Lipinski definition) is 0. The summed E-state index contributed by atoms with van der Waals surface area (Å²) >= 11 is 1.51. The van der Waals surface area contributed by atoms with Crippen molar-refractivity contribution in [1.29, 1.82) is 0 Å². The maximum Gasteiger partial charge on any atom is 0.322 e. The maximum absolute atomic E-state index is 11.6. The van der Waals surface area contributed by atoms with Gasteiger partial charge in [0.1, 0.15) is 17.6 Å². The van der Waals surface area contributed by atoms with E-state index in [0.717, 1.165) is 16.2 Å². The Hall–Kier alpha value is -1.16. The molecule has 4 heteroatoms. The van der Waals surface area contributed by atoms with Crippen molar-refractivity contribution in [3.05, 3.63) is 23.8 Å². The summed E-state index contributed by atoms with van der Waals surface area (Å²) in [6.07, 6.45) is 0. The summed E-state index contributed by atoms with van der Waals surface area (Å²) in [5.74, 6) is 0.671. The molecule has 0 bridgehead atoms. The molecule has 0 amide bonds. The Balaban J connectivity index is 2.12. The highest BCUT2D eigenvalue weighted by Crippen LogP contribution is 2.37. The first kappa shape index (κ1) is 11.3. The molecule has 1 aromatic rings. The first-order valence-corrected chi connectivity index (χ1v) is 6.15. The Kier molecular flexibility index (Phi) is 3.39. The highest BCUT2D eigenvalue weighted by Gasteiger charge is 2.27. The van der Waals surface area contributed by atoms with Crippen molar-refractivity contribution >= 4 is 17.7 Å². The van der Waals surface area contributed by atoms with Crippen molar-refractivity contribution in [2.75, 3.05) is 13.2 Å². The molecule has 1 unspecified atom stereocenters. The van der Waals surface area contributed by atoms with Gasteiger partial charge in [0.25, 0.3) is 0 Å². The van der Waals surface area contributed by atoms with Crippen molar-refractivity contribution in [3.63, 3.8) is 0 Å². The van der Waals surface area contributed by atoms with Crippen LogP contribution in [0.2, 0.25) is 0 Å². The van der Waals surface area contributed by atoms with Gasteiger partial charge in [-0.05, 0) is 31.5 Å². The minimum atomic E-state index is -0.241. The highest BCUT2D eigenvalue weighted by atomic mass is 32.2. The van der Waals surface area contributed by atoms with Crippen molar-refractivity contribution in [2.45, 2.75) is 24.0 Å². The van der Waals surface area contributed by atoms with Crippen LogP contribution in [0.15, 0.2) is 23.1 Å². The van der Waals surface area contributed by atoms with Gasteiger partial charge in [-0.25, -0.2) is 0 Å². The Labute approximate surface area is 99.1 Å². The topological polar surface area (TPSA) is 35.5 Å². The summed E-state index contributed by atoms with van der Waals surface area (Å²) in [4.78, 5) is 12.6. The molecule has 1 aromatic carbocycles. The normalized spacial score (nSPS) is 18.5. The second-order valence-electron chi connectivity index (χ2n) is 3.62. The quantitative estimate of drug-likeness (QED) is 0.741. The van der Waals surface area contributed by atoms with Crippen LogP contribution in [-0.2, 0) is 9.53 Å². The van der Waals surface area contributed by atoms with Crippen LogP contribution in [0.1, 0.15) is 12.5 Å². The molecule has 0 N–H and O–H groups in total. The molecule has 16 heavy (non-hydrogen) atoms. The summed E-state index contributed by atoms with van der Waals surface area (Å²) in [7, 11) is 0. The van der Waals surface area contributed by atoms with Crippen LogP contribution >= 0.6 is 11.8 Å². The van der Waals surface area contributed by atoms with Crippen molar-refractivity contribution in [1.82, 2.24) is 0 Å². The molecule has 86 valence electrons. The standard InChI is InChI=1S/C12H14O3S/c1-3-14-12(13)11-7-15-9-6-8(2)4-5-10(9)16-11/h4-6,11H,3,7H2,1-2H3. The molecule has 1 heterocycles. The van der Waals surface area contributed by atoms with Gasteiger partial charge >= 0.3 is 5.97 Å². The first-order chi connectivity index (χ1) is 7.70. The summed E-state index contributed by atoms with van der Waals surface area (Å²) < 4.78 is 10.5. The summed E-state index contributed by atoms with van der Waals surface area (Å²) in [5.41, 5.74) is 1.16. The average molecular weight is 238 g/mol. The van der Waals surface area contributed by atoms with E-state index in [1.54, 1.807) is 0 Å². The van der Waals surface area contributed by atoms with Gasteiger partial charge in [0.15, 0.2) is 0 Å². The second kappa shape index (κ2) is 4.78. The lowest BCUT2D eigenvalue weighted by Crippen LogP contribution is -2.29. The summed E-state index contributed by atoms with van der Waals surface area (Å²) in [5, 5.41) is -0.241. The minimum absolute atomic E-state index is 0.196. The number of thioether (sulfide) groups is 1. The minimum Gasteiger partial charge on any atom is -0.491 e. The molecule has 0 aliphatic carbocycles. The predicted molar refractivity (Wildman–Crippen MR) is 63.0 cm³/mol. The third-order valence-electron chi connectivity index (χ3n) is 2.31. The van der Waals surface area contributed by atoms with E-state index in [1.165, 1.54) is 11.8 Å². The number of benzene rings is 1. The number of carbonyl (C=O) groups excluding carboxylic acids is 1. The van der Waals surface area contributed by atoms with Gasteiger partial charge in [0, 0.05) is 0 Å². The molecule has 1 aliphatic rings. The molecule has 0 saturated carbocycles. The molecule has 0 fully saturated rings. The number of fused-ring (bicyclic) bond motifs is 1. The zero-order valence-corrected chi connectivity index (χ0v) is 10.2. The summed E-state index contributed by atoms with van der Waals surface area (Å²) in [6.45, 7) is 4.63. The van der Waals surface area contributed by atoms with E-state index >= 15 is 0 Å².